The van der Waals surface area contributed by atoms with Gasteiger partial charge in [-0.1, -0.05) is 36.8 Å². The second kappa shape index (κ2) is 4.77. The van der Waals surface area contributed by atoms with E-state index in [-0.39, 0.29) is 6.29 Å². The molecule has 0 radical (unpaired) electrons. The first kappa shape index (κ1) is 10.7. The minimum absolute atomic E-state index is 0.00805. The fourth-order valence-corrected chi connectivity index (χ4v) is 1.90. The lowest BCUT2D eigenvalue weighted by Crippen LogP contribution is -2.20. The highest BCUT2D eigenvalue weighted by Gasteiger charge is 2.22. The van der Waals surface area contributed by atoms with Crippen molar-refractivity contribution in [1.82, 2.24) is 0 Å². The number of hydrogen-bond donors (Lipinski definition) is 0. The van der Waals surface area contributed by atoms with Gasteiger partial charge in [0.15, 0.2) is 6.29 Å². The van der Waals surface area contributed by atoms with Gasteiger partial charge in [-0.3, -0.25) is 0 Å². The Morgan fingerprint density at radius 3 is 2.40 bits per heavy atom. The van der Waals surface area contributed by atoms with Crippen LogP contribution in [0.5, 0.6) is 0 Å². The summed E-state index contributed by atoms with van der Waals surface area (Å²) in [6.07, 6.45) is 1.01. The lowest BCUT2D eigenvalue weighted by molar-refractivity contribution is -0.0780. The zero-order valence-electron chi connectivity index (χ0n) is 9.40. The van der Waals surface area contributed by atoms with Crippen LogP contribution in [0.4, 0.5) is 0 Å². The molecule has 1 aromatic rings. The number of hydrogen-bond acceptors (Lipinski definition) is 2. The van der Waals surface area contributed by atoms with Gasteiger partial charge in [0.05, 0.1) is 13.2 Å². The third-order valence-electron chi connectivity index (χ3n) is 2.79. The predicted molar refractivity (Wildman–Crippen MR) is 59.7 cm³/mol. The Bertz CT molecular complexity index is 299. The van der Waals surface area contributed by atoms with Crippen LogP contribution in [0.25, 0.3) is 0 Å². The van der Waals surface area contributed by atoms with Crippen LogP contribution in [0.3, 0.4) is 0 Å². The molecule has 1 aliphatic rings. The summed E-state index contributed by atoms with van der Waals surface area (Å²) < 4.78 is 11.0. The van der Waals surface area contributed by atoms with Gasteiger partial charge < -0.3 is 9.47 Å². The zero-order valence-corrected chi connectivity index (χ0v) is 9.40. The second-order valence-electron chi connectivity index (χ2n) is 4.28. The lowest BCUT2D eigenvalue weighted by Gasteiger charge is -2.17. The number of aryl methyl sites for hydroxylation is 1. The number of ether oxygens (including phenoxy) is 2. The van der Waals surface area contributed by atoms with Gasteiger partial charge in [-0.25, -0.2) is 0 Å². The van der Waals surface area contributed by atoms with E-state index < -0.39 is 0 Å². The van der Waals surface area contributed by atoms with Crippen LogP contribution < -0.4 is 0 Å². The van der Waals surface area contributed by atoms with Crippen molar-refractivity contribution in [2.24, 2.45) is 5.92 Å². The van der Waals surface area contributed by atoms with Crippen LogP contribution >= 0.6 is 0 Å². The average molecular weight is 206 g/mol. The first-order valence-corrected chi connectivity index (χ1v) is 5.54. The molecule has 1 atom stereocenters. The summed E-state index contributed by atoms with van der Waals surface area (Å²) in [5.74, 6) is 0.426. The van der Waals surface area contributed by atoms with Crippen LogP contribution in [0.1, 0.15) is 18.1 Å². The summed E-state index contributed by atoms with van der Waals surface area (Å²) in [6, 6.07) is 8.67. The van der Waals surface area contributed by atoms with Gasteiger partial charge in [-0.2, -0.15) is 0 Å². The van der Waals surface area contributed by atoms with E-state index >= 15 is 0 Å². The topological polar surface area (TPSA) is 18.5 Å². The fourth-order valence-electron chi connectivity index (χ4n) is 1.90. The largest absolute Gasteiger partial charge is 0.350 e. The van der Waals surface area contributed by atoms with Gasteiger partial charge in [0.1, 0.15) is 0 Å². The molecular formula is C13H18O2. The van der Waals surface area contributed by atoms with Crippen LogP contribution in [0.15, 0.2) is 24.3 Å². The predicted octanol–water partition coefficient (Wildman–Crippen LogP) is 2.55. The Labute approximate surface area is 91.2 Å². The smallest absolute Gasteiger partial charge is 0.160 e. The molecule has 15 heavy (non-hydrogen) atoms. The average Bonchev–Trinajstić information content (AvgIpc) is 2.74. The van der Waals surface area contributed by atoms with Crippen LogP contribution in [0, 0.1) is 12.8 Å². The van der Waals surface area contributed by atoms with Gasteiger partial charge in [0.25, 0.3) is 0 Å². The summed E-state index contributed by atoms with van der Waals surface area (Å²) in [5.41, 5.74) is 2.66. The van der Waals surface area contributed by atoms with Crippen molar-refractivity contribution in [1.29, 1.82) is 0 Å². The minimum Gasteiger partial charge on any atom is -0.350 e. The minimum atomic E-state index is -0.00805. The SMILES string of the molecule is Cc1ccc(CC(C)C2OCCO2)cc1. The molecule has 2 rings (SSSR count). The maximum atomic E-state index is 5.49. The maximum absolute atomic E-state index is 5.49. The molecular weight excluding hydrogens is 188 g/mol. The van der Waals surface area contributed by atoms with E-state index in [0.717, 1.165) is 19.6 Å². The normalized spacial score (nSPS) is 19.3. The summed E-state index contributed by atoms with van der Waals surface area (Å²) >= 11 is 0. The molecule has 82 valence electrons. The number of benzene rings is 1. The standard InChI is InChI=1S/C13H18O2/c1-10-3-5-12(6-4-10)9-11(2)13-14-7-8-15-13/h3-6,11,13H,7-9H2,1-2H3. The Kier molecular flexibility index (Phi) is 3.39. The van der Waals surface area contributed by atoms with E-state index in [2.05, 4.69) is 38.1 Å². The van der Waals surface area contributed by atoms with E-state index in [9.17, 15) is 0 Å². The molecule has 0 bridgehead atoms. The van der Waals surface area contributed by atoms with Crippen molar-refractivity contribution in [2.75, 3.05) is 13.2 Å². The van der Waals surface area contributed by atoms with Crippen molar-refractivity contribution in [2.45, 2.75) is 26.6 Å². The second-order valence-corrected chi connectivity index (χ2v) is 4.28. The molecule has 1 aromatic carbocycles. The first-order chi connectivity index (χ1) is 7.25. The Morgan fingerprint density at radius 2 is 1.80 bits per heavy atom. The van der Waals surface area contributed by atoms with E-state index in [4.69, 9.17) is 9.47 Å². The van der Waals surface area contributed by atoms with Gasteiger partial charge in [0.2, 0.25) is 0 Å². The molecule has 0 aliphatic carbocycles. The monoisotopic (exact) mass is 206 g/mol. The van der Waals surface area contributed by atoms with Crippen molar-refractivity contribution in [3.05, 3.63) is 35.4 Å². The van der Waals surface area contributed by atoms with Crippen molar-refractivity contribution >= 4 is 0 Å². The molecule has 0 aromatic heterocycles. The molecule has 1 saturated heterocycles. The Hall–Kier alpha value is -0.860. The van der Waals surface area contributed by atoms with E-state index in [0.29, 0.717) is 5.92 Å². The Balaban J connectivity index is 1.92. The first-order valence-electron chi connectivity index (χ1n) is 5.54. The van der Waals surface area contributed by atoms with Crippen LogP contribution in [0.2, 0.25) is 0 Å². The van der Waals surface area contributed by atoms with E-state index in [1.165, 1.54) is 11.1 Å². The summed E-state index contributed by atoms with van der Waals surface area (Å²) in [5, 5.41) is 0. The Morgan fingerprint density at radius 1 is 1.20 bits per heavy atom. The highest BCUT2D eigenvalue weighted by atomic mass is 16.7. The van der Waals surface area contributed by atoms with Gasteiger partial charge in [-0.05, 0) is 18.9 Å². The van der Waals surface area contributed by atoms with Crippen LogP contribution in [-0.2, 0) is 15.9 Å². The van der Waals surface area contributed by atoms with Crippen molar-refractivity contribution in [3.8, 4) is 0 Å². The summed E-state index contributed by atoms with van der Waals surface area (Å²) in [4.78, 5) is 0. The molecule has 1 aliphatic heterocycles. The van der Waals surface area contributed by atoms with Gasteiger partial charge in [-0.15, -0.1) is 0 Å². The van der Waals surface area contributed by atoms with E-state index in [1.807, 2.05) is 0 Å². The van der Waals surface area contributed by atoms with Crippen molar-refractivity contribution < 1.29 is 9.47 Å². The van der Waals surface area contributed by atoms with Crippen LogP contribution in [-0.4, -0.2) is 19.5 Å². The van der Waals surface area contributed by atoms with E-state index in [1.54, 1.807) is 0 Å². The number of rotatable bonds is 3. The molecule has 1 heterocycles. The maximum Gasteiger partial charge on any atom is 0.160 e. The highest BCUT2D eigenvalue weighted by molar-refractivity contribution is 5.21. The molecule has 1 fully saturated rings. The van der Waals surface area contributed by atoms with Crippen molar-refractivity contribution in [3.63, 3.8) is 0 Å². The zero-order chi connectivity index (χ0) is 10.7. The molecule has 2 heteroatoms. The quantitative estimate of drug-likeness (QED) is 0.756. The third kappa shape index (κ3) is 2.80. The summed E-state index contributed by atoms with van der Waals surface area (Å²) in [6.45, 7) is 5.76. The third-order valence-corrected chi connectivity index (χ3v) is 2.79. The molecule has 2 nitrogen and oxygen atoms in total. The molecule has 1 unspecified atom stereocenters. The molecule has 0 N–H and O–H groups in total. The van der Waals surface area contributed by atoms with Gasteiger partial charge in [0, 0.05) is 5.92 Å². The summed E-state index contributed by atoms with van der Waals surface area (Å²) in [7, 11) is 0. The fraction of sp³-hybridized carbons (Fsp3) is 0.538. The molecule has 0 amide bonds. The highest BCUT2D eigenvalue weighted by Crippen LogP contribution is 2.19. The molecule has 0 saturated carbocycles. The molecule has 0 spiro atoms. The lowest BCUT2D eigenvalue weighted by atomic mass is 10.00. The van der Waals surface area contributed by atoms with Gasteiger partial charge >= 0.3 is 0 Å².